The lowest BCUT2D eigenvalue weighted by Gasteiger charge is -2.31. The van der Waals surface area contributed by atoms with Gasteiger partial charge in [0.05, 0.1) is 0 Å². The molecule has 1 aromatic carbocycles. The molecule has 1 aromatic rings. The summed E-state index contributed by atoms with van der Waals surface area (Å²) < 4.78 is 0. The fourth-order valence-electron chi connectivity index (χ4n) is 3.92. The Morgan fingerprint density at radius 1 is 1.12 bits per heavy atom. The topological polar surface area (TPSA) is 52.7 Å². The van der Waals surface area contributed by atoms with Crippen molar-refractivity contribution < 1.29 is 9.59 Å². The van der Waals surface area contributed by atoms with Crippen LogP contribution in [0, 0.1) is 5.92 Å². The minimum absolute atomic E-state index is 0.0581. The molecule has 1 N–H and O–H groups in total. The standard InChI is InChI=1S/C20H27N3O2/c1-14(15-7-8-15)23(18-9-10-18)20(25)21-17-11-12-22(13-17)19(24)16-5-3-2-4-6-16/h2-6,14-15,17-18H,7-13H2,1H3,(H,21,25)/t14-,17+/m1/s1. The summed E-state index contributed by atoms with van der Waals surface area (Å²) >= 11 is 0. The third-order valence-electron chi connectivity index (χ3n) is 5.74. The largest absolute Gasteiger partial charge is 0.337 e. The maximum absolute atomic E-state index is 12.8. The van der Waals surface area contributed by atoms with Crippen LogP contribution in [-0.2, 0) is 0 Å². The highest BCUT2D eigenvalue weighted by molar-refractivity contribution is 5.94. The molecule has 5 nitrogen and oxygen atoms in total. The van der Waals surface area contributed by atoms with Gasteiger partial charge in [0.2, 0.25) is 0 Å². The Balaban J connectivity index is 1.34. The molecule has 3 amide bonds. The zero-order chi connectivity index (χ0) is 17.4. The van der Waals surface area contributed by atoms with Crippen molar-refractivity contribution in [3.63, 3.8) is 0 Å². The van der Waals surface area contributed by atoms with E-state index in [-0.39, 0.29) is 18.0 Å². The molecule has 3 aliphatic rings. The molecule has 134 valence electrons. The molecule has 2 aliphatic carbocycles. The van der Waals surface area contributed by atoms with Gasteiger partial charge in [0, 0.05) is 36.8 Å². The zero-order valence-electron chi connectivity index (χ0n) is 14.9. The first-order valence-corrected chi connectivity index (χ1v) is 9.56. The summed E-state index contributed by atoms with van der Waals surface area (Å²) in [5.74, 6) is 0.744. The number of hydrogen-bond donors (Lipinski definition) is 1. The minimum Gasteiger partial charge on any atom is -0.337 e. The summed E-state index contributed by atoms with van der Waals surface area (Å²) in [5.41, 5.74) is 0.719. The van der Waals surface area contributed by atoms with Gasteiger partial charge in [0.1, 0.15) is 0 Å². The number of urea groups is 1. The lowest BCUT2D eigenvalue weighted by Crippen LogP contribution is -2.51. The van der Waals surface area contributed by atoms with E-state index in [1.807, 2.05) is 35.2 Å². The number of rotatable bonds is 5. The van der Waals surface area contributed by atoms with Crippen molar-refractivity contribution in [3.05, 3.63) is 35.9 Å². The maximum Gasteiger partial charge on any atom is 0.318 e. The van der Waals surface area contributed by atoms with Crippen molar-refractivity contribution in [2.75, 3.05) is 13.1 Å². The molecular weight excluding hydrogens is 314 g/mol. The highest BCUT2D eigenvalue weighted by atomic mass is 16.2. The predicted molar refractivity (Wildman–Crippen MR) is 96.3 cm³/mol. The summed E-state index contributed by atoms with van der Waals surface area (Å²) in [6.45, 7) is 3.51. The molecule has 1 saturated heterocycles. The van der Waals surface area contributed by atoms with Crippen molar-refractivity contribution in [1.82, 2.24) is 15.1 Å². The first-order chi connectivity index (χ1) is 12.1. The third kappa shape index (κ3) is 3.65. The van der Waals surface area contributed by atoms with Crippen LogP contribution in [0.5, 0.6) is 0 Å². The van der Waals surface area contributed by atoms with Gasteiger partial charge in [0.15, 0.2) is 0 Å². The van der Waals surface area contributed by atoms with Crippen LogP contribution in [0.3, 0.4) is 0 Å². The van der Waals surface area contributed by atoms with Gasteiger partial charge in [-0.3, -0.25) is 4.79 Å². The second-order valence-electron chi connectivity index (χ2n) is 7.77. The van der Waals surface area contributed by atoms with E-state index in [4.69, 9.17) is 0 Å². The van der Waals surface area contributed by atoms with Crippen LogP contribution in [0.1, 0.15) is 49.4 Å². The average molecular weight is 341 g/mol. The summed E-state index contributed by atoms with van der Waals surface area (Å²) in [5, 5.41) is 3.19. The molecule has 0 spiro atoms. The maximum atomic E-state index is 12.8. The first kappa shape index (κ1) is 16.4. The summed E-state index contributed by atoms with van der Waals surface area (Å²) in [6.07, 6.45) is 5.60. The Morgan fingerprint density at radius 3 is 2.48 bits per heavy atom. The molecule has 0 bridgehead atoms. The van der Waals surface area contributed by atoms with Crippen molar-refractivity contribution in [3.8, 4) is 0 Å². The van der Waals surface area contributed by atoms with E-state index >= 15 is 0 Å². The fourth-order valence-corrected chi connectivity index (χ4v) is 3.92. The van der Waals surface area contributed by atoms with Gasteiger partial charge in [-0.15, -0.1) is 0 Å². The second-order valence-corrected chi connectivity index (χ2v) is 7.77. The number of likely N-dealkylation sites (tertiary alicyclic amines) is 1. The van der Waals surface area contributed by atoms with Gasteiger partial charge >= 0.3 is 6.03 Å². The number of hydrogen-bond acceptors (Lipinski definition) is 2. The molecule has 0 aromatic heterocycles. The Hall–Kier alpha value is -2.04. The van der Waals surface area contributed by atoms with E-state index in [9.17, 15) is 9.59 Å². The van der Waals surface area contributed by atoms with Crippen molar-refractivity contribution in [2.45, 2.75) is 57.2 Å². The van der Waals surface area contributed by atoms with Crippen LogP contribution in [0.2, 0.25) is 0 Å². The smallest absolute Gasteiger partial charge is 0.318 e. The van der Waals surface area contributed by atoms with Crippen LogP contribution >= 0.6 is 0 Å². The minimum atomic E-state index is 0.0581. The van der Waals surface area contributed by atoms with Crippen LogP contribution < -0.4 is 5.32 Å². The Kier molecular flexibility index (Phi) is 4.40. The Bertz CT molecular complexity index is 640. The third-order valence-corrected chi connectivity index (χ3v) is 5.74. The number of nitrogens with one attached hydrogen (secondary N) is 1. The monoisotopic (exact) mass is 341 g/mol. The molecule has 2 atom stereocenters. The molecular formula is C20H27N3O2. The van der Waals surface area contributed by atoms with Gasteiger partial charge in [-0.05, 0) is 57.1 Å². The molecule has 0 radical (unpaired) electrons. The SMILES string of the molecule is C[C@H](C1CC1)N(C(=O)N[C@H]1CCN(C(=O)c2ccccc2)C1)C1CC1. The molecule has 25 heavy (non-hydrogen) atoms. The molecule has 0 unspecified atom stereocenters. The number of carbonyl (C=O) groups excluding carboxylic acids is 2. The average Bonchev–Trinajstić information content (AvgIpc) is 3.54. The van der Waals surface area contributed by atoms with Crippen molar-refractivity contribution in [1.29, 1.82) is 0 Å². The number of benzene rings is 1. The van der Waals surface area contributed by atoms with Crippen LogP contribution in [0.25, 0.3) is 0 Å². The Labute approximate surface area is 149 Å². The Morgan fingerprint density at radius 2 is 1.84 bits per heavy atom. The van der Waals surface area contributed by atoms with Gasteiger partial charge in [-0.2, -0.15) is 0 Å². The quantitative estimate of drug-likeness (QED) is 0.895. The normalized spacial score (nSPS) is 24.0. The van der Waals surface area contributed by atoms with E-state index in [2.05, 4.69) is 17.1 Å². The highest BCUT2D eigenvalue weighted by Crippen LogP contribution is 2.39. The molecule has 2 saturated carbocycles. The van der Waals surface area contributed by atoms with Gasteiger partial charge in [0.25, 0.3) is 5.91 Å². The zero-order valence-corrected chi connectivity index (χ0v) is 14.9. The number of amides is 3. The van der Waals surface area contributed by atoms with E-state index in [1.54, 1.807) is 0 Å². The van der Waals surface area contributed by atoms with E-state index in [0.29, 0.717) is 31.1 Å². The number of nitrogens with zero attached hydrogens (tertiary/aromatic N) is 2. The van der Waals surface area contributed by atoms with Crippen molar-refractivity contribution >= 4 is 11.9 Å². The lowest BCUT2D eigenvalue weighted by molar-refractivity contribution is 0.0788. The van der Waals surface area contributed by atoms with Crippen molar-refractivity contribution in [2.24, 2.45) is 5.92 Å². The van der Waals surface area contributed by atoms with Gasteiger partial charge in [-0.1, -0.05) is 18.2 Å². The molecule has 4 rings (SSSR count). The summed E-state index contributed by atoms with van der Waals surface area (Å²) in [6, 6.07) is 10.3. The van der Waals surface area contributed by atoms with Gasteiger partial charge in [-0.25, -0.2) is 4.79 Å². The van der Waals surface area contributed by atoms with Crippen LogP contribution in [0.4, 0.5) is 4.79 Å². The fraction of sp³-hybridized carbons (Fsp3) is 0.600. The number of carbonyl (C=O) groups is 2. The molecule has 3 fully saturated rings. The molecule has 5 heteroatoms. The summed E-state index contributed by atoms with van der Waals surface area (Å²) in [4.78, 5) is 29.3. The molecule has 1 aliphatic heterocycles. The summed E-state index contributed by atoms with van der Waals surface area (Å²) in [7, 11) is 0. The van der Waals surface area contributed by atoms with E-state index < -0.39 is 0 Å². The van der Waals surface area contributed by atoms with Crippen LogP contribution in [0.15, 0.2) is 30.3 Å². The van der Waals surface area contributed by atoms with E-state index in [0.717, 1.165) is 24.8 Å². The first-order valence-electron chi connectivity index (χ1n) is 9.56. The second kappa shape index (κ2) is 6.70. The molecule has 1 heterocycles. The predicted octanol–water partition coefficient (Wildman–Crippen LogP) is 2.87. The van der Waals surface area contributed by atoms with E-state index in [1.165, 1.54) is 12.8 Å². The lowest BCUT2D eigenvalue weighted by atomic mass is 10.2. The van der Waals surface area contributed by atoms with Gasteiger partial charge < -0.3 is 15.1 Å². The highest BCUT2D eigenvalue weighted by Gasteiger charge is 2.42. The van der Waals surface area contributed by atoms with Crippen LogP contribution in [-0.4, -0.2) is 53.0 Å².